The third-order valence-corrected chi connectivity index (χ3v) is 2.99. The number of alkyl halides is 1. The number of rotatable bonds is 5. The van der Waals surface area contributed by atoms with Crippen LogP contribution in [0.2, 0.25) is 5.02 Å². The molecule has 0 aliphatic rings. The standard InChI is InChI=1S/C14H18BrClN2.C2H6.C2H2/c1-4-11-9-12(16)5-6-13(11)18-14(10(2)3)17-8-7-15;2*1-2/h5-6,8-9,18H,4,7H2,1-3H3;1-2H3;1-2H/b17-8-;;. The van der Waals surface area contributed by atoms with Gasteiger partial charge in [0, 0.05) is 22.3 Å². The van der Waals surface area contributed by atoms with Gasteiger partial charge in [-0.2, -0.15) is 0 Å². The highest BCUT2D eigenvalue weighted by molar-refractivity contribution is 9.09. The third kappa shape index (κ3) is 8.92. The Morgan fingerprint density at radius 3 is 2.36 bits per heavy atom. The van der Waals surface area contributed by atoms with Gasteiger partial charge in [0.25, 0.3) is 0 Å². The van der Waals surface area contributed by atoms with Crippen LogP contribution in [0.25, 0.3) is 0 Å². The number of hydrogen-bond donors (Lipinski definition) is 1. The minimum atomic E-state index is 0.743. The van der Waals surface area contributed by atoms with Gasteiger partial charge in [-0.05, 0) is 49.6 Å². The molecular formula is C18H26BrClN2. The molecule has 0 aliphatic carbocycles. The predicted molar refractivity (Wildman–Crippen MR) is 106 cm³/mol. The van der Waals surface area contributed by atoms with E-state index in [0.29, 0.717) is 0 Å². The Hall–Kier alpha value is -1.24. The second-order valence-electron chi connectivity index (χ2n) is 4.09. The Bertz CT molecular complexity index is 501. The molecule has 0 aliphatic heterocycles. The van der Waals surface area contributed by atoms with E-state index in [1.807, 2.05) is 52.1 Å². The monoisotopic (exact) mass is 384 g/mol. The number of aryl methyl sites for hydroxylation is 1. The molecule has 0 aromatic heterocycles. The average molecular weight is 386 g/mol. The fourth-order valence-electron chi connectivity index (χ4n) is 1.52. The Kier molecular flexibility index (Phi) is 15.4. The Morgan fingerprint density at radius 1 is 1.32 bits per heavy atom. The predicted octanol–water partition coefficient (Wildman–Crippen LogP) is 6.31. The number of hydrogen-bond acceptors (Lipinski definition) is 2. The SMILES string of the molecule is C#C.CC.CCc1cc(Cl)ccc1NC(/N=C\CBr)=C(C)C. The molecule has 22 heavy (non-hydrogen) atoms. The van der Waals surface area contributed by atoms with Crippen molar-refractivity contribution < 1.29 is 0 Å². The summed E-state index contributed by atoms with van der Waals surface area (Å²) in [5.74, 6) is 0.881. The fraction of sp³-hybridized carbons (Fsp3) is 0.389. The molecule has 1 N–H and O–H groups in total. The molecule has 0 saturated carbocycles. The Balaban J connectivity index is 0. The molecule has 4 heteroatoms. The lowest BCUT2D eigenvalue weighted by Gasteiger charge is -2.13. The average Bonchev–Trinajstić information content (AvgIpc) is 2.56. The maximum Gasteiger partial charge on any atom is 0.128 e. The molecule has 0 heterocycles. The van der Waals surface area contributed by atoms with Crippen LogP contribution in [0.4, 0.5) is 5.69 Å². The molecule has 2 nitrogen and oxygen atoms in total. The molecule has 0 amide bonds. The van der Waals surface area contributed by atoms with Gasteiger partial charge in [-0.3, -0.25) is 0 Å². The van der Waals surface area contributed by atoms with Gasteiger partial charge in [-0.25, -0.2) is 4.99 Å². The summed E-state index contributed by atoms with van der Waals surface area (Å²) >= 11 is 9.34. The number of anilines is 1. The van der Waals surface area contributed by atoms with Gasteiger partial charge < -0.3 is 5.32 Å². The summed E-state index contributed by atoms with van der Waals surface area (Å²) in [5, 5.41) is 4.87. The molecule has 122 valence electrons. The fourth-order valence-corrected chi connectivity index (χ4v) is 1.86. The molecule has 1 aromatic carbocycles. The van der Waals surface area contributed by atoms with E-state index in [-0.39, 0.29) is 0 Å². The maximum absolute atomic E-state index is 6.00. The smallest absolute Gasteiger partial charge is 0.128 e. The molecule has 0 radical (unpaired) electrons. The van der Waals surface area contributed by atoms with E-state index in [9.17, 15) is 0 Å². The number of nitrogens with one attached hydrogen (secondary N) is 1. The molecule has 0 fully saturated rings. The van der Waals surface area contributed by atoms with Crippen LogP contribution in [0.3, 0.4) is 0 Å². The highest BCUT2D eigenvalue weighted by atomic mass is 79.9. The summed E-state index contributed by atoms with van der Waals surface area (Å²) in [7, 11) is 0. The van der Waals surface area contributed by atoms with Gasteiger partial charge >= 0.3 is 0 Å². The number of aliphatic imine (C=N–C) groups is 1. The van der Waals surface area contributed by atoms with E-state index in [1.165, 1.54) is 5.56 Å². The summed E-state index contributed by atoms with van der Waals surface area (Å²) in [4.78, 5) is 4.40. The molecule has 1 aromatic rings. The van der Waals surface area contributed by atoms with Gasteiger partial charge in [0.05, 0.1) is 0 Å². The highest BCUT2D eigenvalue weighted by Crippen LogP contribution is 2.23. The summed E-state index contributed by atoms with van der Waals surface area (Å²) in [6, 6.07) is 5.87. The topological polar surface area (TPSA) is 24.4 Å². The second-order valence-corrected chi connectivity index (χ2v) is 5.18. The summed E-state index contributed by atoms with van der Waals surface area (Å²) in [6.45, 7) is 10.2. The number of benzene rings is 1. The highest BCUT2D eigenvalue weighted by Gasteiger charge is 2.04. The van der Waals surface area contributed by atoms with Crippen molar-refractivity contribution in [1.29, 1.82) is 0 Å². The van der Waals surface area contributed by atoms with E-state index in [1.54, 1.807) is 0 Å². The minimum absolute atomic E-state index is 0.743. The maximum atomic E-state index is 6.00. The Labute approximate surface area is 149 Å². The molecule has 0 saturated heterocycles. The third-order valence-electron chi connectivity index (χ3n) is 2.46. The van der Waals surface area contributed by atoms with Gasteiger partial charge in [-0.15, -0.1) is 12.8 Å². The first-order chi connectivity index (χ1) is 10.6. The summed E-state index contributed by atoms with van der Waals surface area (Å²) in [6.07, 6.45) is 10.8. The first-order valence-electron chi connectivity index (χ1n) is 7.23. The van der Waals surface area contributed by atoms with Gasteiger partial charge in [0.2, 0.25) is 0 Å². The van der Waals surface area contributed by atoms with E-state index in [4.69, 9.17) is 11.6 Å². The molecule has 0 bridgehead atoms. The molecule has 0 spiro atoms. The summed E-state index contributed by atoms with van der Waals surface area (Å²) in [5.41, 5.74) is 3.39. The lowest BCUT2D eigenvalue weighted by Crippen LogP contribution is -2.02. The van der Waals surface area contributed by atoms with E-state index < -0.39 is 0 Å². The molecule has 0 atom stereocenters. The summed E-state index contributed by atoms with van der Waals surface area (Å²) < 4.78 is 0. The number of halogens is 2. The first-order valence-corrected chi connectivity index (χ1v) is 8.73. The normalized spacial score (nSPS) is 9.14. The van der Waals surface area contributed by atoms with Crippen molar-refractivity contribution in [3.63, 3.8) is 0 Å². The number of nitrogens with zero attached hydrogens (tertiary/aromatic N) is 1. The van der Waals surface area contributed by atoms with Gasteiger partial charge in [0.15, 0.2) is 0 Å². The van der Waals surface area contributed by atoms with E-state index >= 15 is 0 Å². The van der Waals surface area contributed by atoms with Crippen LogP contribution in [0.1, 0.15) is 40.2 Å². The van der Waals surface area contributed by atoms with Crippen molar-refractivity contribution in [2.75, 3.05) is 10.6 Å². The van der Waals surface area contributed by atoms with Gasteiger partial charge in [-0.1, -0.05) is 48.3 Å². The van der Waals surface area contributed by atoms with Gasteiger partial charge in [0.1, 0.15) is 5.82 Å². The zero-order valence-electron chi connectivity index (χ0n) is 14.1. The quantitative estimate of drug-likeness (QED) is 0.358. The Morgan fingerprint density at radius 2 is 1.91 bits per heavy atom. The van der Waals surface area contributed by atoms with Crippen LogP contribution in [-0.4, -0.2) is 11.5 Å². The lowest BCUT2D eigenvalue weighted by atomic mass is 10.1. The van der Waals surface area contributed by atoms with Crippen LogP contribution in [-0.2, 0) is 6.42 Å². The zero-order chi connectivity index (χ0) is 17.5. The van der Waals surface area contributed by atoms with Crippen molar-refractivity contribution in [2.45, 2.75) is 41.0 Å². The largest absolute Gasteiger partial charge is 0.340 e. The van der Waals surface area contributed by atoms with Crippen molar-refractivity contribution in [1.82, 2.24) is 0 Å². The molecule has 1 rings (SSSR count). The molecular weight excluding hydrogens is 360 g/mol. The zero-order valence-corrected chi connectivity index (χ0v) is 16.4. The van der Waals surface area contributed by atoms with Crippen LogP contribution in [0.5, 0.6) is 0 Å². The lowest BCUT2D eigenvalue weighted by molar-refractivity contribution is 1.12. The van der Waals surface area contributed by atoms with Crippen LogP contribution in [0, 0.1) is 12.8 Å². The van der Waals surface area contributed by atoms with Crippen molar-refractivity contribution in [2.24, 2.45) is 4.99 Å². The minimum Gasteiger partial charge on any atom is -0.340 e. The van der Waals surface area contributed by atoms with Crippen molar-refractivity contribution in [3.8, 4) is 12.8 Å². The van der Waals surface area contributed by atoms with Crippen molar-refractivity contribution >= 4 is 39.4 Å². The van der Waals surface area contributed by atoms with Crippen molar-refractivity contribution in [3.05, 3.63) is 40.2 Å². The van der Waals surface area contributed by atoms with Crippen LogP contribution < -0.4 is 5.32 Å². The number of allylic oxidation sites excluding steroid dienone is 1. The van der Waals surface area contributed by atoms with E-state index in [0.717, 1.165) is 33.9 Å². The number of terminal acetylenes is 1. The van der Waals surface area contributed by atoms with Crippen LogP contribution >= 0.6 is 27.5 Å². The first kappa shape index (κ1) is 23.0. The molecule has 0 unspecified atom stereocenters. The van der Waals surface area contributed by atoms with E-state index in [2.05, 4.69) is 46.0 Å². The van der Waals surface area contributed by atoms with Crippen LogP contribution in [0.15, 0.2) is 34.6 Å². The second kappa shape index (κ2) is 14.7.